The molecule has 1 heterocycles. The molecule has 3 nitrogen and oxygen atoms in total. The van der Waals surface area contributed by atoms with Crippen LogP contribution in [0.25, 0.3) is 0 Å². The number of carbonyl (C=O) groups excluding carboxylic acids is 1. The Kier molecular flexibility index (Phi) is 4.79. The van der Waals surface area contributed by atoms with Crippen LogP contribution in [0.2, 0.25) is 0 Å². The Balaban J connectivity index is 1.72. The van der Waals surface area contributed by atoms with Crippen molar-refractivity contribution in [1.82, 2.24) is 0 Å². The highest BCUT2D eigenvalue weighted by Crippen LogP contribution is 2.30. The molecule has 2 aromatic carbocycles. The van der Waals surface area contributed by atoms with Crippen molar-refractivity contribution < 1.29 is 18.3 Å². The highest BCUT2D eigenvalue weighted by atomic mass is 19.1. The van der Waals surface area contributed by atoms with Crippen molar-refractivity contribution in [2.24, 2.45) is 0 Å². The summed E-state index contributed by atoms with van der Waals surface area (Å²) in [5.74, 6) is -0.776. The highest BCUT2D eigenvalue weighted by Gasteiger charge is 2.25. The van der Waals surface area contributed by atoms with Gasteiger partial charge in [-0.1, -0.05) is 18.2 Å². The second-order valence-electron chi connectivity index (χ2n) is 5.87. The number of ether oxygens (including phenoxy) is 1. The molecular weight excluding hydrogens is 312 g/mol. The van der Waals surface area contributed by atoms with Crippen LogP contribution in [-0.2, 0) is 17.6 Å². The summed E-state index contributed by atoms with van der Waals surface area (Å²) >= 11 is 0. The first-order chi connectivity index (χ1) is 11.6. The summed E-state index contributed by atoms with van der Waals surface area (Å²) in [5.41, 5.74) is 1.98. The molecule has 0 aliphatic carbocycles. The van der Waals surface area contributed by atoms with Crippen LogP contribution in [0, 0.1) is 11.6 Å². The molecule has 5 heteroatoms. The largest absolute Gasteiger partial charge is 0.494 e. The number of benzene rings is 2. The number of halogens is 2. The van der Waals surface area contributed by atoms with Gasteiger partial charge in [-0.05, 0) is 48.6 Å². The van der Waals surface area contributed by atoms with E-state index in [0.29, 0.717) is 24.2 Å². The lowest BCUT2D eigenvalue weighted by molar-refractivity contribution is -0.118. The highest BCUT2D eigenvalue weighted by molar-refractivity contribution is 5.94. The van der Waals surface area contributed by atoms with Crippen LogP contribution in [0.3, 0.4) is 0 Å². The average Bonchev–Trinajstić information content (AvgIpc) is 2.59. The molecule has 0 radical (unpaired) electrons. The molecule has 0 bridgehead atoms. The van der Waals surface area contributed by atoms with E-state index in [2.05, 4.69) is 0 Å². The summed E-state index contributed by atoms with van der Waals surface area (Å²) in [5, 5.41) is 0. The molecule has 2 aromatic rings. The number of carbonyl (C=O) groups is 1. The van der Waals surface area contributed by atoms with Crippen molar-refractivity contribution >= 4 is 11.6 Å². The molecule has 0 unspecified atom stereocenters. The first-order valence-corrected chi connectivity index (χ1v) is 8.00. The van der Waals surface area contributed by atoms with Gasteiger partial charge in [-0.2, -0.15) is 0 Å². The molecule has 1 aliphatic rings. The minimum absolute atomic E-state index is 0.141. The van der Waals surface area contributed by atoms with E-state index >= 15 is 0 Å². The van der Waals surface area contributed by atoms with E-state index in [9.17, 15) is 13.6 Å². The SMILES string of the molecule is COc1ccc(CCC(=O)N2CCCc3cccc(F)c32)cc1F. The van der Waals surface area contributed by atoms with E-state index in [-0.39, 0.29) is 23.9 Å². The molecule has 0 N–H and O–H groups in total. The maximum absolute atomic E-state index is 14.1. The van der Waals surface area contributed by atoms with E-state index in [4.69, 9.17) is 4.74 Å². The maximum atomic E-state index is 14.1. The monoisotopic (exact) mass is 331 g/mol. The van der Waals surface area contributed by atoms with Crippen molar-refractivity contribution in [3.8, 4) is 5.75 Å². The zero-order valence-corrected chi connectivity index (χ0v) is 13.5. The predicted molar refractivity (Wildman–Crippen MR) is 88.3 cm³/mol. The van der Waals surface area contributed by atoms with E-state index in [1.807, 2.05) is 6.07 Å². The molecule has 1 aliphatic heterocycles. The Morgan fingerprint density at radius 1 is 1.21 bits per heavy atom. The number of para-hydroxylation sites is 1. The van der Waals surface area contributed by atoms with Gasteiger partial charge in [-0.15, -0.1) is 0 Å². The summed E-state index contributed by atoms with van der Waals surface area (Å²) in [6.07, 6.45) is 2.21. The fraction of sp³-hybridized carbons (Fsp3) is 0.316. The first kappa shape index (κ1) is 16.4. The molecule has 0 fully saturated rings. The molecule has 3 rings (SSSR count). The lowest BCUT2D eigenvalue weighted by Gasteiger charge is -2.30. The third-order valence-electron chi connectivity index (χ3n) is 4.31. The maximum Gasteiger partial charge on any atom is 0.227 e. The molecule has 0 aromatic heterocycles. The second kappa shape index (κ2) is 6.99. The van der Waals surface area contributed by atoms with Crippen LogP contribution in [0.1, 0.15) is 24.0 Å². The smallest absolute Gasteiger partial charge is 0.227 e. The van der Waals surface area contributed by atoms with Crippen LogP contribution >= 0.6 is 0 Å². The number of amides is 1. The summed E-state index contributed by atoms with van der Waals surface area (Å²) in [6.45, 7) is 0.518. The van der Waals surface area contributed by atoms with Crippen molar-refractivity contribution in [1.29, 1.82) is 0 Å². The minimum Gasteiger partial charge on any atom is -0.494 e. The molecule has 0 saturated heterocycles. The predicted octanol–water partition coefficient (Wildman–Crippen LogP) is 3.89. The third-order valence-corrected chi connectivity index (χ3v) is 4.31. The molecule has 0 spiro atoms. The number of rotatable bonds is 4. The van der Waals surface area contributed by atoms with Crippen LogP contribution in [0.5, 0.6) is 5.75 Å². The number of anilines is 1. The lowest BCUT2D eigenvalue weighted by atomic mass is 10.0. The summed E-state index contributed by atoms with van der Waals surface area (Å²) < 4.78 is 32.7. The number of nitrogens with zero attached hydrogens (tertiary/aromatic N) is 1. The Bertz CT molecular complexity index is 761. The second-order valence-corrected chi connectivity index (χ2v) is 5.87. The molecular formula is C19H19F2NO2. The Morgan fingerprint density at radius 3 is 2.79 bits per heavy atom. The van der Waals surface area contributed by atoms with Gasteiger partial charge in [-0.25, -0.2) is 8.78 Å². The third kappa shape index (κ3) is 3.25. The quantitative estimate of drug-likeness (QED) is 0.851. The van der Waals surface area contributed by atoms with Gasteiger partial charge in [0, 0.05) is 13.0 Å². The van der Waals surface area contributed by atoms with E-state index in [1.165, 1.54) is 24.1 Å². The number of methoxy groups -OCH3 is 1. The van der Waals surface area contributed by atoms with Crippen molar-refractivity contribution in [3.05, 3.63) is 59.2 Å². The Morgan fingerprint density at radius 2 is 2.04 bits per heavy atom. The van der Waals surface area contributed by atoms with Crippen molar-refractivity contribution in [3.63, 3.8) is 0 Å². The fourth-order valence-corrected chi connectivity index (χ4v) is 3.10. The summed E-state index contributed by atoms with van der Waals surface area (Å²) in [6, 6.07) is 9.56. The average molecular weight is 331 g/mol. The topological polar surface area (TPSA) is 29.5 Å². The van der Waals surface area contributed by atoms with Gasteiger partial charge >= 0.3 is 0 Å². The molecule has 0 saturated carbocycles. The van der Waals surface area contributed by atoms with Crippen molar-refractivity contribution in [2.45, 2.75) is 25.7 Å². The standard InChI is InChI=1S/C19H19F2NO2/c1-24-17-9-7-13(12-16(17)21)8-10-18(23)22-11-3-5-14-4-2-6-15(20)19(14)22/h2,4,6-7,9,12H,3,5,8,10-11H2,1H3. The zero-order valence-electron chi connectivity index (χ0n) is 13.5. The van der Waals surface area contributed by atoms with Crippen LogP contribution < -0.4 is 9.64 Å². The van der Waals surface area contributed by atoms with Crippen molar-refractivity contribution in [2.75, 3.05) is 18.6 Å². The molecule has 126 valence electrons. The van der Waals surface area contributed by atoms with Gasteiger partial charge in [0.15, 0.2) is 11.6 Å². The van der Waals surface area contributed by atoms with Gasteiger partial charge in [0.2, 0.25) is 5.91 Å². The summed E-state index contributed by atoms with van der Waals surface area (Å²) in [7, 11) is 1.41. The fourth-order valence-electron chi connectivity index (χ4n) is 3.10. The molecule has 1 amide bonds. The first-order valence-electron chi connectivity index (χ1n) is 8.00. The van der Waals surface area contributed by atoms with E-state index in [1.54, 1.807) is 18.2 Å². The van der Waals surface area contributed by atoms with E-state index in [0.717, 1.165) is 18.4 Å². The van der Waals surface area contributed by atoms with Gasteiger partial charge in [0.1, 0.15) is 5.82 Å². The van der Waals surface area contributed by atoms with Crippen LogP contribution in [0.15, 0.2) is 36.4 Å². The van der Waals surface area contributed by atoms with Crippen LogP contribution in [-0.4, -0.2) is 19.6 Å². The molecule has 0 atom stereocenters. The Hall–Kier alpha value is -2.43. The van der Waals surface area contributed by atoms with Crippen LogP contribution in [0.4, 0.5) is 14.5 Å². The van der Waals surface area contributed by atoms with Gasteiger partial charge in [-0.3, -0.25) is 4.79 Å². The minimum atomic E-state index is -0.447. The molecule has 24 heavy (non-hydrogen) atoms. The van der Waals surface area contributed by atoms with Gasteiger partial charge in [0.05, 0.1) is 12.8 Å². The van der Waals surface area contributed by atoms with Gasteiger partial charge < -0.3 is 9.64 Å². The number of hydrogen-bond donors (Lipinski definition) is 0. The zero-order chi connectivity index (χ0) is 17.1. The Labute approximate surface area is 139 Å². The lowest BCUT2D eigenvalue weighted by Crippen LogP contribution is -2.36. The summed E-state index contributed by atoms with van der Waals surface area (Å²) in [4.78, 5) is 14.1. The number of aryl methyl sites for hydroxylation is 2. The number of fused-ring (bicyclic) bond motifs is 1. The normalized spacial score (nSPS) is 13.5. The number of hydrogen-bond acceptors (Lipinski definition) is 2. The van der Waals surface area contributed by atoms with Gasteiger partial charge in [0.25, 0.3) is 0 Å². The van der Waals surface area contributed by atoms with E-state index < -0.39 is 5.82 Å².